The van der Waals surface area contributed by atoms with Crippen LogP contribution in [0.25, 0.3) is 17.2 Å². The normalized spacial score (nSPS) is 6.93. The van der Waals surface area contributed by atoms with Crippen molar-refractivity contribution in [2.75, 3.05) is 39.3 Å². The summed E-state index contributed by atoms with van der Waals surface area (Å²) in [6.07, 6.45) is 0. The van der Waals surface area contributed by atoms with Crippen LogP contribution in [-0.2, 0) is 18.8 Å². The monoisotopic (exact) mass is 407 g/mol. The van der Waals surface area contributed by atoms with Crippen LogP contribution < -0.4 is 17.2 Å². The van der Waals surface area contributed by atoms with E-state index < -0.39 is 0 Å². The summed E-state index contributed by atoms with van der Waals surface area (Å²) in [5.41, 5.74) is 33.5. The first-order valence-corrected chi connectivity index (χ1v) is 6.72. The summed E-state index contributed by atoms with van der Waals surface area (Å²) in [6.45, 7) is 2.50. The largest absolute Gasteiger partial charge is 0.676 e. The molecule has 0 atom stereocenters. The van der Waals surface area contributed by atoms with Crippen molar-refractivity contribution < 1.29 is 18.8 Å². The van der Waals surface area contributed by atoms with Crippen molar-refractivity contribution in [1.29, 1.82) is 0 Å². The molecule has 0 aliphatic rings. The Morgan fingerprint density at radius 2 is 0.786 bits per heavy atom. The van der Waals surface area contributed by atoms with Crippen molar-refractivity contribution in [3.8, 4) is 0 Å². The predicted octanol–water partition coefficient (Wildman–Crippen LogP) is 0.679. The molecule has 0 bridgehead atoms. The molecule has 0 aromatic rings. The molecule has 0 spiro atoms. The van der Waals surface area contributed by atoms with Gasteiger partial charge in [-0.05, 0) is 19.6 Å². The molecular weight excluding hydrogens is 387 g/mol. The van der Waals surface area contributed by atoms with Crippen LogP contribution in [0.2, 0.25) is 0 Å². The molecule has 6 nitrogen and oxygen atoms in total. The third-order valence-electron chi connectivity index (χ3n) is 0.433. The van der Waals surface area contributed by atoms with Gasteiger partial charge < -0.3 is 34.4 Å². The Morgan fingerprint density at radius 3 is 0.786 bits per heavy atom. The second-order valence-corrected chi connectivity index (χ2v) is 1.62. The zero-order chi connectivity index (χ0) is 12.2. The van der Waals surface area contributed by atoms with Gasteiger partial charge in [0.2, 0.25) is 0 Å². The summed E-state index contributed by atoms with van der Waals surface area (Å²) >= 11 is 1.61. The van der Waals surface area contributed by atoms with Gasteiger partial charge in [-0.2, -0.15) is 0 Å². The van der Waals surface area contributed by atoms with Gasteiger partial charge in [-0.15, -0.1) is 19.6 Å². The third kappa shape index (κ3) is 126. The molecule has 14 heavy (non-hydrogen) atoms. The molecule has 0 aliphatic heterocycles. The van der Waals surface area contributed by atoms with Crippen LogP contribution in [0.1, 0.15) is 0 Å². The summed E-state index contributed by atoms with van der Waals surface area (Å²) < 4.78 is 0. The van der Waals surface area contributed by atoms with Gasteiger partial charge in [0.25, 0.3) is 0 Å². The maximum atomic E-state index is 6.33. The Labute approximate surface area is 102 Å². The Morgan fingerprint density at radius 1 is 0.714 bits per heavy atom. The molecule has 0 saturated carbocycles. The minimum atomic E-state index is 0.347. The first kappa shape index (κ1) is 24.1. The molecular formula is C6H21ClN6Pt-3. The van der Waals surface area contributed by atoms with Crippen LogP contribution in [-0.4, -0.2) is 39.3 Å². The number of nitrogens with two attached hydrogens (primary N) is 3. The van der Waals surface area contributed by atoms with E-state index in [4.69, 9.17) is 34.4 Å². The molecule has 0 radical (unpaired) electrons. The number of hydrogen-bond donors (Lipinski definition) is 3. The zero-order valence-electron chi connectivity index (χ0n) is 8.17. The van der Waals surface area contributed by atoms with E-state index in [9.17, 15) is 0 Å². The summed E-state index contributed by atoms with van der Waals surface area (Å²) in [7, 11) is 4.61. The summed E-state index contributed by atoms with van der Waals surface area (Å²) in [6, 6.07) is 0. The van der Waals surface area contributed by atoms with E-state index in [1.807, 2.05) is 0 Å². The maximum absolute atomic E-state index is 6.33. The van der Waals surface area contributed by atoms with E-state index in [2.05, 4.69) is 9.42 Å². The average Bonchev–Trinajstić information content (AvgIpc) is 2.31. The predicted molar refractivity (Wildman–Crippen MR) is 60.6 cm³/mol. The topological polar surface area (TPSA) is 149 Å². The zero-order valence-corrected chi connectivity index (χ0v) is 11.2. The molecule has 0 aromatic heterocycles. The minimum Gasteiger partial charge on any atom is -0.676 e. The van der Waals surface area contributed by atoms with Crippen molar-refractivity contribution >= 4 is 9.42 Å². The van der Waals surface area contributed by atoms with Gasteiger partial charge >= 0.3 is 28.2 Å². The average molecular weight is 408 g/mol. The molecule has 9 N–H and O–H groups in total. The fraction of sp³-hybridized carbons (Fsp3) is 1.00. The molecule has 0 fully saturated rings. The van der Waals surface area contributed by atoms with Crippen molar-refractivity contribution in [1.82, 2.24) is 0 Å². The van der Waals surface area contributed by atoms with Gasteiger partial charge in [0.05, 0.1) is 0 Å². The van der Waals surface area contributed by atoms with Crippen LogP contribution in [0, 0.1) is 0 Å². The van der Waals surface area contributed by atoms with Gasteiger partial charge in [-0.25, -0.2) is 0 Å². The van der Waals surface area contributed by atoms with E-state index in [-0.39, 0.29) is 0 Å². The van der Waals surface area contributed by atoms with Gasteiger partial charge in [-0.3, -0.25) is 0 Å². The Kier molecular flexibility index (Phi) is 84.6. The maximum Gasteiger partial charge on any atom is -0.0268 e. The SMILES string of the molecule is [Cl][Pt].[NH-]CCN.[NH-]CCN.[NH-]CCN. The smallest absolute Gasteiger partial charge is 0.0268 e. The number of nitrogens with one attached hydrogen (secondary N) is 3. The molecule has 0 unspecified atom stereocenters. The van der Waals surface area contributed by atoms with Crippen LogP contribution in [0.4, 0.5) is 0 Å². The van der Waals surface area contributed by atoms with Crippen molar-refractivity contribution in [2.45, 2.75) is 0 Å². The van der Waals surface area contributed by atoms with Gasteiger partial charge in [-0.1, -0.05) is 0 Å². The van der Waals surface area contributed by atoms with Crippen LogP contribution in [0.3, 0.4) is 0 Å². The fourth-order valence-electron chi connectivity index (χ4n) is 0. The quantitative estimate of drug-likeness (QED) is 0.631. The number of halogens is 1. The fourth-order valence-corrected chi connectivity index (χ4v) is 0. The summed E-state index contributed by atoms with van der Waals surface area (Å²) in [4.78, 5) is 0. The molecule has 0 aliphatic carbocycles. The Bertz CT molecular complexity index is 37.8. The van der Waals surface area contributed by atoms with E-state index in [1.54, 1.807) is 18.8 Å². The van der Waals surface area contributed by atoms with Gasteiger partial charge in [0, 0.05) is 0 Å². The van der Waals surface area contributed by atoms with Crippen LogP contribution in [0.5, 0.6) is 0 Å². The first-order valence-electron chi connectivity index (χ1n) is 3.90. The third-order valence-corrected chi connectivity index (χ3v) is 0.433. The van der Waals surface area contributed by atoms with E-state index in [1.165, 1.54) is 0 Å². The Balaban J connectivity index is -0.0000000492. The van der Waals surface area contributed by atoms with E-state index in [0.29, 0.717) is 39.3 Å². The van der Waals surface area contributed by atoms with Crippen molar-refractivity contribution in [3.05, 3.63) is 17.2 Å². The van der Waals surface area contributed by atoms with Crippen LogP contribution >= 0.6 is 9.42 Å². The minimum absolute atomic E-state index is 0.347. The molecule has 8 heteroatoms. The molecule has 0 amide bonds. The van der Waals surface area contributed by atoms with Crippen molar-refractivity contribution in [2.24, 2.45) is 17.2 Å². The number of rotatable bonds is 3. The second-order valence-electron chi connectivity index (χ2n) is 1.62. The van der Waals surface area contributed by atoms with E-state index in [0.717, 1.165) is 0 Å². The van der Waals surface area contributed by atoms with E-state index >= 15 is 0 Å². The molecule has 0 saturated heterocycles. The molecule has 0 heterocycles. The molecule has 0 aromatic carbocycles. The first-order chi connectivity index (χ1) is 6.74. The van der Waals surface area contributed by atoms with Crippen molar-refractivity contribution in [3.63, 3.8) is 0 Å². The number of hydrogen-bond acceptors (Lipinski definition) is 3. The van der Waals surface area contributed by atoms with Gasteiger partial charge in [0.15, 0.2) is 0 Å². The standard InChI is InChI=1S/3C2H7N2.ClH.Pt/c3*3-1-2-4;;/h3*3H,1-2,4H2;1H;/q3*-1;;+1/p-1. The van der Waals surface area contributed by atoms with Gasteiger partial charge in [0.1, 0.15) is 0 Å². The summed E-state index contributed by atoms with van der Waals surface area (Å²) in [5.74, 6) is 0. The molecule has 0 rings (SSSR count). The molecule has 95 valence electrons. The van der Waals surface area contributed by atoms with Crippen LogP contribution in [0.15, 0.2) is 0 Å². The second kappa shape index (κ2) is 49.1. The summed E-state index contributed by atoms with van der Waals surface area (Å²) in [5, 5.41) is 0. The Hall–Kier alpha value is 0.738.